The van der Waals surface area contributed by atoms with Gasteiger partial charge >= 0.3 is 5.97 Å². The molecule has 7 nitrogen and oxygen atoms in total. The van der Waals surface area contributed by atoms with E-state index in [0.29, 0.717) is 15.4 Å². The van der Waals surface area contributed by atoms with Gasteiger partial charge in [0.15, 0.2) is 0 Å². The highest BCUT2D eigenvalue weighted by Crippen LogP contribution is 2.16. The molecular weight excluding hydrogens is 294 g/mol. The van der Waals surface area contributed by atoms with Crippen molar-refractivity contribution < 1.29 is 19.1 Å². The molecule has 110 valence electrons. The highest BCUT2D eigenvalue weighted by atomic mass is 32.1. The number of rotatable bonds is 3. The molecule has 0 unspecified atom stereocenters. The molecule has 0 radical (unpaired) electrons. The molecule has 0 saturated heterocycles. The van der Waals surface area contributed by atoms with Crippen LogP contribution in [0, 0.1) is 0 Å². The monoisotopic (exact) mass is 307 g/mol. The Bertz CT molecular complexity index is 689. The normalized spacial score (nSPS) is 10.0. The first-order chi connectivity index (χ1) is 10.0. The minimum absolute atomic E-state index is 0.294. The van der Waals surface area contributed by atoms with Crippen molar-refractivity contribution in [3.63, 3.8) is 0 Å². The van der Waals surface area contributed by atoms with Crippen molar-refractivity contribution in [2.45, 2.75) is 0 Å². The summed E-state index contributed by atoms with van der Waals surface area (Å²) in [5.41, 5.74) is 5.01. The Morgan fingerprint density at radius 2 is 1.76 bits per heavy atom. The fourth-order valence-corrected chi connectivity index (χ4v) is 2.43. The first-order valence-corrected chi connectivity index (χ1v) is 6.74. The van der Waals surface area contributed by atoms with Crippen LogP contribution < -0.4 is 10.9 Å². The van der Waals surface area contributed by atoms with E-state index in [1.807, 2.05) is 0 Å². The number of thiophene rings is 1. The third-order valence-corrected chi connectivity index (χ3v) is 3.75. The van der Waals surface area contributed by atoms with Gasteiger partial charge in [0.2, 0.25) is 0 Å². The van der Waals surface area contributed by atoms with E-state index < -0.39 is 17.8 Å². The van der Waals surface area contributed by atoms with Crippen LogP contribution in [-0.4, -0.2) is 29.5 Å². The molecule has 2 N–H and O–H groups in total. The lowest BCUT2D eigenvalue weighted by molar-refractivity contribution is 0.0606. The number of esters is 1. The van der Waals surface area contributed by atoms with Crippen molar-refractivity contribution in [3.8, 4) is 0 Å². The molecular formula is C13H13N3O4S. The number of amides is 2. The van der Waals surface area contributed by atoms with Crippen LogP contribution >= 0.6 is 11.3 Å². The number of hydrazine groups is 1. The molecule has 0 aliphatic rings. The van der Waals surface area contributed by atoms with Gasteiger partial charge in [0, 0.05) is 13.2 Å². The van der Waals surface area contributed by atoms with Gasteiger partial charge in [-0.05, 0) is 24.3 Å². The van der Waals surface area contributed by atoms with Crippen LogP contribution in [0.3, 0.4) is 0 Å². The largest absolute Gasteiger partial charge is 0.465 e. The van der Waals surface area contributed by atoms with Crippen molar-refractivity contribution in [2.75, 3.05) is 7.11 Å². The van der Waals surface area contributed by atoms with E-state index >= 15 is 0 Å². The molecule has 0 aliphatic carbocycles. The van der Waals surface area contributed by atoms with Crippen LogP contribution in [-0.2, 0) is 11.8 Å². The van der Waals surface area contributed by atoms with Crippen molar-refractivity contribution in [3.05, 3.63) is 45.9 Å². The van der Waals surface area contributed by atoms with E-state index in [-0.39, 0.29) is 0 Å². The first kappa shape index (κ1) is 14.8. The number of hydrogen-bond donors (Lipinski definition) is 2. The molecule has 8 heteroatoms. The quantitative estimate of drug-likeness (QED) is 0.652. The van der Waals surface area contributed by atoms with Crippen molar-refractivity contribution in [1.82, 2.24) is 15.4 Å². The molecule has 2 aromatic rings. The molecule has 2 amide bonds. The van der Waals surface area contributed by atoms with Gasteiger partial charge in [0.1, 0.15) is 10.6 Å². The van der Waals surface area contributed by atoms with Gasteiger partial charge in [0.05, 0.1) is 12.0 Å². The molecule has 21 heavy (non-hydrogen) atoms. The molecule has 2 aromatic heterocycles. The van der Waals surface area contributed by atoms with Crippen LogP contribution in [0.2, 0.25) is 0 Å². The fraction of sp³-hybridized carbons (Fsp3) is 0.154. The minimum Gasteiger partial charge on any atom is -0.465 e. The smallest absolute Gasteiger partial charge is 0.348 e. The summed E-state index contributed by atoms with van der Waals surface area (Å²) in [4.78, 5) is 35.6. The van der Waals surface area contributed by atoms with Gasteiger partial charge in [0.25, 0.3) is 11.8 Å². The Balaban J connectivity index is 1.96. The summed E-state index contributed by atoms with van der Waals surface area (Å²) in [5, 5.41) is 0. The Labute approximate surface area is 124 Å². The topological polar surface area (TPSA) is 89.4 Å². The zero-order valence-electron chi connectivity index (χ0n) is 11.4. The maximum absolute atomic E-state index is 11.9. The van der Waals surface area contributed by atoms with E-state index in [1.165, 1.54) is 19.2 Å². The van der Waals surface area contributed by atoms with E-state index in [1.54, 1.807) is 29.9 Å². The number of nitrogens with zero attached hydrogens (tertiary/aromatic N) is 1. The highest BCUT2D eigenvalue weighted by Gasteiger charge is 2.15. The van der Waals surface area contributed by atoms with Crippen LogP contribution in [0.4, 0.5) is 0 Å². The van der Waals surface area contributed by atoms with Gasteiger partial charge in [-0.3, -0.25) is 20.4 Å². The molecule has 0 fully saturated rings. The second-order valence-corrected chi connectivity index (χ2v) is 5.15. The highest BCUT2D eigenvalue weighted by molar-refractivity contribution is 7.15. The molecule has 0 atom stereocenters. The Morgan fingerprint density at radius 1 is 1.10 bits per heavy atom. The molecule has 2 rings (SSSR count). The maximum atomic E-state index is 11.9. The maximum Gasteiger partial charge on any atom is 0.348 e. The molecule has 0 saturated carbocycles. The second kappa shape index (κ2) is 6.23. The zero-order chi connectivity index (χ0) is 15.4. The van der Waals surface area contributed by atoms with Crippen LogP contribution in [0.5, 0.6) is 0 Å². The summed E-state index contributed by atoms with van der Waals surface area (Å²) in [6.45, 7) is 0. The summed E-state index contributed by atoms with van der Waals surface area (Å²) >= 11 is 0.983. The average Bonchev–Trinajstić information content (AvgIpc) is 3.12. The number of ether oxygens (including phenoxy) is 1. The van der Waals surface area contributed by atoms with E-state index in [9.17, 15) is 14.4 Å². The SMILES string of the molecule is COC(=O)c1ccc(C(=O)NNC(=O)c2cccn2C)s1. The Kier molecular flexibility index (Phi) is 4.39. The number of aromatic nitrogens is 1. The van der Waals surface area contributed by atoms with E-state index in [0.717, 1.165) is 11.3 Å². The number of carbonyl (C=O) groups excluding carboxylic acids is 3. The van der Waals surface area contributed by atoms with Crippen molar-refractivity contribution in [2.24, 2.45) is 7.05 Å². The van der Waals surface area contributed by atoms with Crippen molar-refractivity contribution >= 4 is 29.1 Å². The third-order valence-electron chi connectivity index (χ3n) is 2.68. The number of carbonyl (C=O) groups is 3. The zero-order valence-corrected chi connectivity index (χ0v) is 12.2. The summed E-state index contributed by atoms with van der Waals surface area (Å²) in [6, 6.07) is 6.33. The summed E-state index contributed by atoms with van der Waals surface area (Å²) in [6.07, 6.45) is 1.72. The standard InChI is InChI=1S/C13H13N3O4S/c1-16-7-3-4-8(16)11(17)14-15-12(18)9-5-6-10(21-9)13(19)20-2/h3-7H,1-2H3,(H,14,17)(H,15,18). The van der Waals surface area contributed by atoms with Crippen LogP contribution in [0.1, 0.15) is 29.8 Å². The lowest BCUT2D eigenvalue weighted by atomic mass is 10.4. The lowest BCUT2D eigenvalue weighted by Gasteiger charge is -2.06. The van der Waals surface area contributed by atoms with Crippen LogP contribution in [0.15, 0.2) is 30.5 Å². The predicted molar refractivity (Wildman–Crippen MR) is 76.0 cm³/mol. The van der Waals surface area contributed by atoms with Gasteiger partial charge in [-0.15, -0.1) is 11.3 Å². The molecule has 0 bridgehead atoms. The Morgan fingerprint density at radius 3 is 2.38 bits per heavy atom. The molecule has 0 spiro atoms. The van der Waals surface area contributed by atoms with E-state index in [2.05, 4.69) is 15.6 Å². The van der Waals surface area contributed by atoms with E-state index in [4.69, 9.17) is 0 Å². The minimum atomic E-state index is -0.508. The third kappa shape index (κ3) is 3.29. The summed E-state index contributed by atoms with van der Waals surface area (Å²) < 4.78 is 6.18. The molecule has 0 aliphatic heterocycles. The van der Waals surface area contributed by atoms with Crippen LogP contribution in [0.25, 0.3) is 0 Å². The number of aryl methyl sites for hydroxylation is 1. The van der Waals surface area contributed by atoms with Gasteiger partial charge in [-0.25, -0.2) is 4.79 Å². The first-order valence-electron chi connectivity index (χ1n) is 5.93. The summed E-state index contributed by atoms with van der Waals surface area (Å²) in [7, 11) is 2.99. The average molecular weight is 307 g/mol. The van der Waals surface area contributed by atoms with Gasteiger partial charge in [-0.1, -0.05) is 0 Å². The number of methoxy groups -OCH3 is 1. The van der Waals surface area contributed by atoms with Crippen molar-refractivity contribution in [1.29, 1.82) is 0 Å². The molecule has 0 aromatic carbocycles. The van der Waals surface area contributed by atoms with Gasteiger partial charge in [-0.2, -0.15) is 0 Å². The number of nitrogens with one attached hydrogen (secondary N) is 2. The predicted octanol–water partition coefficient (Wildman–Crippen LogP) is 0.948. The second-order valence-electron chi connectivity index (χ2n) is 4.07. The fourth-order valence-electron chi connectivity index (χ4n) is 1.61. The number of hydrogen-bond acceptors (Lipinski definition) is 5. The summed E-state index contributed by atoms with van der Waals surface area (Å²) in [5.74, 6) is -1.44. The lowest BCUT2D eigenvalue weighted by Crippen LogP contribution is -2.41. The Hall–Kier alpha value is -2.61. The van der Waals surface area contributed by atoms with Gasteiger partial charge < -0.3 is 9.30 Å². The molecule has 2 heterocycles.